The number of halogens is 1. The fourth-order valence-corrected chi connectivity index (χ4v) is 4.33. The van der Waals surface area contributed by atoms with E-state index in [0.29, 0.717) is 12.1 Å². The van der Waals surface area contributed by atoms with Crippen molar-refractivity contribution in [1.82, 2.24) is 10.2 Å². The van der Waals surface area contributed by atoms with E-state index in [1.165, 1.54) is 28.0 Å². The third-order valence-corrected chi connectivity index (χ3v) is 5.93. The average molecular weight is 345 g/mol. The van der Waals surface area contributed by atoms with Crippen molar-refractivity contribution < 1.29 is 0 Å². The second kappa shape index (κ2) is 7.21. The Morgan fingerprint density at radius 3 is 2.84 bits per heavy atom. The van der Waals surface area contributed by atoms with Crippen molar-refractivity contribution in [2.24, 2.45) is 5.92 Å². The minimum Gasteiger partial charge on any atom is -0.311 e. The summed E-state index contributed by atoms with van der Waals surface area (Å²) in [6.07, 6.45) is 2.48. The van der Waals surface area contributed by atoms with Crippen molar-refractivity contribution in [2.75, 3.05) is 13.1 Å². The van der Waals surface area contributed by atoms with E-state index in [1.54, 1.807) is 0 Å². The van der Waals surface area contributed by atoms with Gasteiger partial charge in [0, 0.05) is 36.6 Å². The normalized spacial score (nSPS) is 26.5. The van der Waals surface area contributed by atoms with E-state index in [0.717, 1.165) is 19.0 Å². The minimum absolute atomic E-state index is 0.656. The van der Waals surface area contributed by atoms with E-state index in [2.05, 4.69) is 59.1 Å². The van der Waals surface area contributed by atoms with Gasteiger partial charge in [-0.2, -0.15) is 0 Å². The van der Waals surface area contributed by atoms with Crippen LogP contribution in [-0.2, 0) is 6.54 Å². The molecule has 1 fully saturated rings. The highest BCUT2D eigenvalue weighted by atomic mass is 79.9. The molecule has 3 unspecified atom stereocenters. The second-order valence-corrected chi connectivity index (χ2v) is 8.15. The van der Waals surface area contributed by atoms with E-state index in [-0.39, 0.29) is 0 Å². The quantitative estimate of drug-likeness (QED) is 0.864. The van der Waals surface area contributed by atoms with Crippen LogP contribution in [-0.4, -0.2) is 30.1 Å². The van der Waals surface area contributed by atoms with Gasteiger partial charge in [0.2, 0.25) is 0 Å². The van der Waals surface area contributed by atoms with Gasteiger partial charge >= 0.3 is 0 Å². The Balaban J connectivity index is 2.06. The van der Waals surface area contributed by atoms with Gasteiger partial charge in [0.1, 0.15) is 0 Å². The predicted molar refractivity (Wildman–Crippen MR) is 87.8 cm³/mol. The molecule has 0 radical (unpaired) electrons. The van der Waals surface area contributed by atoms with Gasteiger partial charge in [-0.25, -0.2) is 0 Å². The summed E-state index contributed by atoms with van der Waals surface area (Å²) in [5.41, 5.74) is 0. The molecule has 1 aromatic rings. The van der Waals surface area contributed by atoms with Crippen molar-refractivity contribution in [3.05, 3.63) is 20.8 Å². The molecule has 2 heterocycles. The number of rotatable bonds is 5. The molecular formula is C15H25BrN2S. The zero-order valence-electron chi connectivity index (χ0n) is 12.2. The van der Waals surface area contributed by atoms with Gasteiger partial charge in [-0.05, 0) is 40.4 Å². The van der Waals surface area contributed by atoms with Crippen LogP contribution in [0.25, 0.3) is 0 Å². The number of hydrogen-bond donors (Lipinski definition) is 1. The smallest absolute Gasteiger partial charge is 0.0701 e. The summed E-state index contributed by atoms with van der Waals surface area (Å²) in [7, 11) is 0. The standard InChI is InChI=1S/C15H25BrN2S/c1-4-11(3)14-8-17-12(5-2)9-18(14)10-13-6-7-15(16)19-13/h6-7,11-12,14,17H,4-5,8-10H2,1-3H3. The fraction of sp³-hybridized carbons (Fsp3) is 0.733. The third kappa shape index (κ3) is 4.03. The number of nitrogens with one attached hydrogen (secondary N) is 1. The molecule has 0 spiro atoms. The first-order valence-electron chi connectivity index (χ1n) is 7.35. The van der Waals surface area contributed by atoms with Gasteiger partial charge in [-0.3, -0.25) is 4.90 Å². The van der Waals surface area contributed by atoms with Crippen molar-refractivity contribution in [2.45, 2.75) is 52.2 Å². The van der Waals surface area contributed by atoms with Crippen molar-refractivity contribution in [3.63, 3.8) is 0 Å². The summed E-state index contributed by atoms with van der Waals surface area (Å²) in [5.74, 6) is 0.758. The summed E-state index contributed by atoms with van der Waals surface area (Å²) in [4.78, 5) is 4.16. The monoisotopic (exact) mass is 344 g/mol. The molecule has 3 atom stereocenters. The maximum Gasteiger partial charge on any atom is 0.0701 e. The van der Waals surface area contributed by atoms with Crippen LogP contribution in [0.1, 0.15) is 38.5 Å². The SMILES string of the molecule is CCC1CN(Cc2ccc(Br)s2)C(C(C)CC)CN1. The first kappa shape index (κ1) is 15.5. The molecule has 19 heavy (non-hydrogen) atoms. The van der Waals surface area contributed by atoms with E-state index in [1.807, 2.05) is 11.3 Å². The van der Waals surface area contributed by atoms with Crippen LogP contribution in [0.3, 0.4) is 0 Å². The summed E-state index contributed by atoms with van der Waals surface area (Å²) in [5, 5.41) is 3.71. The Hall–Kier alpha value is 0.1000. The number of hydrogen-bond acceptors (Lipinski definition) is 3. The summed E-state index contributed by atoms with van der Waals surface area (Å²) in [6, 6.07) is 5.75. The first-order chi connectivity index (χ1) is 9.13. The summed E-state index contributed by atoms with van der Waals surface area (Å²) < 4.78 is 1.24. The number of nitrogens with zero attached hydrogens (tertiary/aromatic N) is 1. The van der Waals surface area contributed by atoms with Crippen molar-refractivity contribution >= 4 is 27.3 Å². The second-order valence-electron chi connectivity index (χ2n) is 5.60. The average Bonchev–Trinajstić information content (AvgIpc) is 2.83. The highest BCUT2D eigenvalue weighted by molar-refractivity contribution is 9.11. The molecule has 1 aliphatic rings. The summed E-state index contributed by atoms with van der Waals surface area (Å²) >= 11 is 5.43. The predicted octanol–water partition coefficient (Wildman–Crippen LogP) is 4.11. The molecule has 108 valence electrons. The Bertz CT molecular complexity index is 393. The van der Waals surface area contributed by atoms with E-state index in [9.17, 15) is 0 Å². The van der Waals surface area contributed by atoms with Crippen molar-refractivity contribution in [3.8, 4) is 0 Å². The highest BCUT2D eigenvalue weighted by Gasteiger charge is 2.30. The largest absolute Gasteiger partial charge is 0.311 e. The third-order valence-electron chi connectivity index (χ3n) is 4.32. The van der Waals surface area contributed by atoms with Crippen LogP contribution in [0.2, 0.25) is 0 Å². The maximum atomic E-state index is 3.71. The van der Waals surface area contributed by atoms with Crippen LogP contribution in [0.5, 0.6) is 0 Å². The Morgan fingerprint density at radius 1 is 1.47 bits per heavy atom. The van der Waals surface area contributed by atoms with Crippen molar-refractivity contribution in [1.29, 1.82) is 0 Å². The molecule has 1 aliphatic heterocycles. The van der Waals surface area contributed by atoms with Crippen LogP contribution >= 0.6 is 27.3 Å². The van der Waals surface area contributed by atoms with Crippen LogP contribution < -0.4 is 5.32 Å². The highest BCUT2D eigenvalue weighted by Crippen LogP contribution is 2.26. The van der Waals surface area contributed by atoms with Gasteiger partial charge in [0.25, 0.3) is 0 Å². The minimum atomic E-state index is 0.656. The molecule has 1 N–H and O–H groups in total. The number of piperazine rings is 1. The topological polar surface area (TPSA) is 15.3 Å². The molecule has 1 aromatic heterocycles. The van der Waals surface area contributed by atoms with E-state index >= 15 is 0 Å². The Labute approximate surface area is 129 Å². The van der Waals surface area contributed by atoms with Gasteiger partial charge in [0.05, 0.1) is 3.79 Å². The van der Waals surface area contributed by atoms with E-state index in [4.69, 9.17) is 0 Å². The lowest BCUT2D eigenvalue weighted by molar-refractivity contribution is 0.0842. The van der Waals surface area contributed by atoms with Crippen LogP contribution in [0.15, 0.2) is 15.9 Å². The zero-order chi connectivity index (χ0) is 13.8. The van der Waals surface area contributed by atoms with Gasteiger partial charge in [-0.15, -0.1) is 11.3 Å². The molecular weight excluding hydrogens is 320 g/mol. The van der Waals surface area contributed by atoms with E-state index < -0.39 is 0 Å². The molecule has 4 heteroatoms. The molecule has 2 rings (SSSR count). The molecule has 0 bridgehead atoms. The molecule has 0 aromatic carbocycles. The lowest BCUT2D eigenvalue weighted by atomic mass is 9.94. The molecule has 0 saturated carbocycles. The lowest BCUT2D eigenvalue weighted by Crippen LogP contribution is -2.57. The van der Waals surface area contributed by atoms with Crippen LogP contribution in [0, 0.1) is 5.92 Å². The lowest BCUT2D eigenvalue weighted by Gasteiger charge is -2.42. The molecule has 1 saturated heterocycles. The van der Waals surface area contributed by atoms with Crippen LogP contribution in [0.4, 0.5) is 0 Å². The Morgan fingerprint density at radius 2 is 2.26 bits per heavy atom. The zero-order valence-corrected chi connectivity index (χ0v) is 14.6. The van der Waals surface area contributed by atoms with Gasteiger partial charge in [-0.1, -0.05) is 27.2 Å². The molecule has 0 amide bonds. The molecule has 0 aliphatic carbocycles. The first-order valence-corrected chi connectivity index (χ1v) is 8.96. The Kier molecular flexibility index (Phi) is 5.87. The fourth-order valence-electron chi connectivity index (χ4n) is 2.82. The van der Waals surface area contributed by atoms with Gasteiger partial charge in [0.15, 0.2) is 0 Å². The molecule has 2 nitrogen and oxygen atoms in total. The van der Waals surface area contributed by atoms with Gasteiger partial charge < -0.3 is 5.32 Å². The summed E-state index contributed by atoms with van der Waals surface area (Å²) in [6.45, 7) is 10.4. The maximum absolute atomic E-state index is 3.71. The number of thiophene rings is 1.